The van der Waals surface area contributed by atoms with E-state index in [1.165, 1.54) is 6.20 Å². The van der Waals surface area contributed by atoms with Crippen molar-refractivity contribution in [2.75, 3.05) is 5.73 Å². The average Bonchev–Trinajstić information content (AvgIpc) is 3.06. The third-order valence-corrected chi connectivity index (χ3v) is 3.13. The van der Waals surface area contributed by atoms with Crippen molar-refractivity contribution in [3.05, 3.63) is 54.3 Å². The van der Waals surface area contributed by atoms with Crippen LogP contribution < -0.4 is 11.1 Å². The average molecular weight is 310 g/mol. The number of pyridine rings is 2. The molecule has 1 atom stereocenters. The summed E-state index contributed by atoms with van der Waals surface area (Å²) in [6, 6.07) is 6.32. The number of aromatic nitrogens is 4. The van der Waals surface area contributed by atoms with Gasteiger partial charge in [-0.1, -0.05) is 5.16 Å². The first kappa shape index (κ1) is 14.6. The molecule has 116 valence electrons. The second kappa shape index (κ2) is 6.22. The quantitative estimate of drug-likeness (QED) is 0.750. The first-order valence-electron chi connectivity index (χ1n) is 6.90. The number of carbonyl (C=O) groups is 1. The van der Waals surface area contributed by atoms with Gasteiger partial charge < -0.3 is 15.6 Å². The molecular weight excluding hydrogens is 296 g/mol. The van der Waals surface area contributed by atoms with Crippen LogP contribution in [0.3, 0.4) is 0 Å². The van der Waals surface area contributed by atoms with Crippen LogP contribution >= 0.6 is 0 Å². The molecule has 0 bridgehead atoms. The van der Waals surface area contributed by atoms with Crippen LogP contribution in [0, 0.1) is 0 Å². The van der Waals surface area contributed by atoms with Crippen molar-refractivity contribution >= 4 is 11.7 Å². The highest BCUT2D eigenvalue weighted by Gasteiger charge is 2.18. The van der Waals surface area contributed by atoms with Gasteiger partial charge in [-0.15, -0.1) is 0 Å². The van der Waals surface area contributed by atoms with Crippen molar-refractivity contribution in [2.45, 2.75) is 13.0 Å². The van der Waals surface area contributed by atoms with Gasteiger partial charge in [-0.2, -0.15) is 4.98 Å². The third kappa shape index (κ3) is 3.31. The van der Waals surface area contributed by atoms with Gasteiger partial charge in [0.1, 0.15) is 11.9 Å². The summed E-state index contributed by atoms with van der Waals surface area (Å²) in [5, 5.41) is 6.66. The van der Waals surface area contributed by atoms with E-state index in [0.717, 1.165) is 5.56 Å². The molecule has 0 saturated carbocycles. The molecule has 8 nitrogen and oxygen atoms in total. The predicted octanol–water partition coefficient (Wildman–Crippen LogP) is 1.60. The van der Waals surface area contributed by atoms with Gasteiger partial charge in [-0.05, 0) is 31.2 Å². The predicted molar refractivity (Wildman–Crippen MR) is 82.1 cm³/mol. The molecule has 0 aromatic carbocycles. The van der Waals surface area contributed by atoms with Crippen LogP contribution in [-0.2, 0) is 0 Å². The standard InChI is InChI=1S/C15H14N6O2/c1-9(19-14(22)11-4-5-12(16)18-8-11)15-20-13(21-23-15)10-3-2-6-17-7-10/h2-9H,1H3,(H2,16,18)(H,19,22)/t9-/m0/s1. The van der Waals surface area contributed by atoms with E-state index < -0.39 is 6.04 Å². The van der Waals surface area contributed by atoms with Gasteiger partial charge >= 0.3 is 0 Å². The zero-order chi connectivity index (χ0) is 16.2. The summed E-state index contributed by atoms with van der Waals surface area (Å²) in [7, 11) is 0. The van der Waals surface area contributed by atoms with Gasteiger partial charge in [-0.3, -0.25) is 9.78 Å². The molecule has 0 spiro atoms. The molecule has 3 rings (SSSR count). The minimum Gasteiger partial charge on any atom is -0.384 e. The second-order valence-electron chi connectivity index (χ2n) is 4.86. The van der Waals surface area contributed by atoms with Gasteiger partial charge in [0.25, 0.3) is 5.91 Å². The summed E-state index contributed by atoms with van der Waals surface area (Å²) in [6.07, 6.45) is 4.71. The number of rotatable bonds is 4. The Balaban J connectivity index is 1.71. The molecule has 0 aliphatic rings. The minimum atomic E-state index is -0.446. The number of amides is 1. The molecule has 23 heavy (non-hydrogen) atoms. The Morgan fingerprint density at radius 2 is 2.17 bits per heavy atom. The first-order chi connectivity index (χ1) is 11.1. The van der Waals surface area contributed by atoms with E-state index >= 15 is 0 Å². The lowest BCUT2D eigenvalue weighted by molar-refractivity contribution is 0.0932. The van der Waals surface area contributed by atoms with Crippen molar-refractivity contribution in [3.8, 4) is 11.4 Å². The maximum Gasteiger partial charge on any atom is 0.253 e. The fourth-order valence-corrected chi connectivity index (χ4v) is 1.90. The van der Waals surface area contributed by atoms with E-state index in [-0.39, 0.29) is 5.91 Å². The van der Waals surface area contributed by atoms with E-state index in [2.05, 4.69) is 25.4 Å². The van der Waals surface area contributed by atoms with E-state index in [0.29, 0.717) is 23.1 Å². The summed E-state index contributed by atoms with van der Waals surface area (Å²) in [4.78, 5) is 24.3. The normalized spacial score (nSPS) is 11.9. The first-order valence-corrected chi connectivity index (χ1v) is 6.90. The summed E-state index contributed by atoms with van der Waals surface area (Å²) in [5.41, 5.74) is 6.64. The Bertz CT molecular complexity index is 800. The third-order valence-electron chi connectivity index (χ3n) is 3.13. The Morgan fingerprint density at radius 1 is 1.30 bits per heavy atom. The molecule has 3 N–H and O–H groups in total. The summed E-state index contributed by atoms with van der Waals surface area (Å²) < 4.78 is 5.20. The van der Waals surface area contributed by atoms with E-state index in [1.807, 2.05) is 6.07 Å². The molecule has 0 saturated heterocycles. The van der Waals surface area contributed by atoms with Crippen molar-refractivity contribution in [1.29, 1.82) is 0 Å². The van der Waals surface area contributed by atoms with Crippen LogP contribution in [0.5, 0.6) is 0 Å². The maximum absolute atomic E-state index is 12.1. The van der Waals surface area contributed by atoms with E-state index in [1.54, 1.807) is 37.5 Å². The number of hydrogen-bond acceptors (Lipinski definition) is 7. The molecule has 0 fully saturated rings. The van der Waals surface area contributed by atoms with Gasteiger partial charge in [0.15, 0.2) is 0 Å². The molecule has 1 amide bonds. The molecule has 0 unspecified atom stereocenters. The zero-order valence-corrected chi connectivity index (χ0v) is 12.3. The highest BCUT2D eigenvalue weighted by molar-refractivity contribution is 5.94. The molecule has 3 heterocycles. The second-order valence-corrected chi connectivity index (χ2v) is 4.86. The molecule has 0 aliphatic carbocycles. The summed E-state index contributed by atoms with van der Waals surface area (Å²) >= 11 is 0. The van der Waals surface area contributed by atoms with Crippen LogP contribution in [0.25, 0.3) is 11.4 Å². The van der Waals surface area contributed by atoms with Gasteiger partial charge in [0.2, 0.25) is 11.7 Å². The number of anilines is 1. The van der Waals surface area contributed by atoms with Crippen LogP contribution in [0.15, 0.2) is 47.4 Å². The zero-order valence-electron chi connectivity index (χ0n) is 12.3. The molecular formula is C15H14N6O2. The van der Waals surface area contributed by atoms with Crippen molar-refractivity contribution < 1.29 is 9.32 Å². The number of carbonyl (C=O) groups excluding carboxylic acids is 1. The maximum atomic E-state index is 12.1. The van der Waals surface area contributed by atoms with Crippen molar-refractivity contribution in [3.63, 3.8) is 0 Å². The van der Waals surface area contributed by atoms with Crippen LogP contribution in [0.2, 0.25) is 0 Å². The topological polar surface area (TPSA) is 120 Å². The smallest absolute Gasteiger partial charge is 0.253 e. The Labute approximate surface area is 131 Å². The number of nitrogens with zero attached hydrogens (tertiary/aromatic N) is 4. The lowest BCUT2D eigenvalue weighted by atomic mass is 10.2. The number of nitrogens with two attached hydrogens (primary N) is 1. The van der Waals surface area contributed by atoms with E-state index in [9.17, 15) is 4.79 Å². The molecule has 3 aromatic rings. The highest BCUT2D eigenvalue weighted by Crippen LogP contribution is 2.17. The SMILES string of the molecule is C[C@H](NC(=O)c1ccc(N)nc1)c1nc(-c2cccnc2)no1. The fraction of sp³-hybridized carbons (Fsp3) is 0.133. The Kier molecular flexibility index (Phi) is 3.96. The van der Waals surface area contributed by atoms with Crippen LogP contribution in [0.4, 0.5) is 5.82 Å². The summed E-state index contributed by atoms with van der Waals surface area (Å²) in [6.45, 7) is 1.75. The number of hydrogen-bond donors (Lipinski definition) is 2. The fourth-order valence-electron chi connectivity index (χ4n) is 1.90. The van der Waals surface area contributed by atoms with Gasteiger partial charge in [-0.25, -0.2) is 4.98 Å². The highest BCUT2D eigenvalue weighted by atomic mass is 16.5. The summed E-state index contributed by atoms with van der Waals surface area (Å²) in [5.74, 6) is 0.780. The lowest BCUT2D eigenvalue weighted by Gasteiger charge is -2.09. The largest absolute Gasteiger partial charge is 0.384 e. The molecule has 3 aromatic heterocycles. The van der Waals surface area contributed by atoms with E-state index in [4.69, 9.17) is 10.3 Å². The van der Waals surface area contributed by atoms with Crippen molar-refractivity contribution in [1.82, 2.24) is 25.4 Å². The van der Waals surface area contributed by atoms with Crippen LogP contribution in [0.1, 0.15) is 29.2 Å². The van der Waals surface area contributed by atoms with Gasteiger partial charge in [0.05, 0.1) is 5.56 Å². The number of nitrogen functional groups attached to an aromatic ring is 1. The lowest BCUT2D eigenvalue weighted by Crippen LogP contribution is -2.27. The molecule has 8 heteroatoms. The van der Waals surface area contributed by atoms with Gasteiger partial charge in [0, 0.05) is 24.2 Å². The van der Waals surface area contributed by atoms with Crippen molar-refractivity contribution in [2.24, 2.45) is 0 Å². The Morgan fingerprint density at radius 3 is 2.87 bits per heavy atom. The van der Waals surface area contributed by atoms with Crippen LogP contribution in [-0.4, -0.2) is 26.0 Å². The number of nitrogens with one attached hydrogen (secondary N) is 1. The minimum absolute atomic E-state index is 0.300. The Hall–Kier alpha value is -3.29. The molecule has 0 radical (unpaired) electrons. The molecule has 0 aliphatic heterocycles. The monoisotopic (exact) mass is 310 g/mol.